The van der Waals surface area contributed by atoms with Crippen LogP contribution in [-0.2, 0) is 31.3 Å². The summed E-state index contributed by atoms with van der Waals surface area (Å²) in [6.45, 7) is 5.84. The van der Waals surface area contributed by atoms with E-state index in [1.165, 1.54) is 10.7 Å². The Morgan fingerprint density at radius 1 is 1.12 bits per heavy atom. The number of morpholine rings is 1. The van der Waals surface area contributed by atoms with Crippen LogP contribution in [0.25, 0.3) is 21.8 Å². The smallest absolute Gasteiger partial charge is 0.291 e. The molecule has 0 bridgehead atoms. The van der Waals surface area contributed by atoms with Crippen LogP contribution in [0.4, 0.5) is 4.39 Å². The van der Waals surface area contributed by atoms with Crippen molar-refractivity contribution in [1.82, 2.24) is 24.2 Å². The first kappa shape index (κ1) is 20.8. The van der Waals surface area contributed by atoms with Gasteiger partial charge >= 0.3 is 0 Å². The Morgan fingerprint density at radius 3 is 2.69 bits per heavy atom. The maximum Gasteiger partial charge on any atom is 0.291 e. The fourth-order valence-corrected chi connectivity index (χ4v) is 4.38. The summed E-state index contributed by atoms with van der Waals surface area (Å²) in [5.41, 5.74) is 3.85. The summed E-state index contributed by atoms with van der Waals surface area (Å²) in [6, 6.07) is 7.38. The number of hydrogen-bond acceptors (Lipinski definition) is 5. The maximum absolute atomic E-state index is 15.0. The second kappa shape index (κ2) is 8.44. The predicted octanol–water partition coefficient (Wildman–Crippen LogP) is 2.81. The number of ether oxygens (including phenoxy) is 1. The molecular formula is C24H26FN5O2. The van der Waals surface area contributed by atoms with Crippen molar-refractivity contribution in [2.45, 2.75) is 26.4 Å². The zero-order valence-electron chi connectivity index (χ0n) is 18.3. The molecule has 1 aliphatic rings. The summed E-state index contributed by atoms with van der Waals surface area (Å²) in [5, 5.41) is 5.77. The predicted molar refractivity (Wildman–Crippen MR) is 121 cm³/mol. The van der Waals surface area contributed by atoms with Crippen LogP contribution >= 0.6 is 0 Å². The largest absolute Gasteiger partial charge is 0.379 e. The first-order valence-electron chi connectivity index (χ1n) is 10.9. The molecule has 0 saturated carbocycles. The Hall–Kier alpha value is -3.10. The van der Waals surface area contributed by atoms with E-state index in [1.54, 1.807) is 6.20 Å². The second-order valence-electron chi connectivity index (χ2n) is 8.40. The molecule has 1 aliphatic heterocycles. The van der Waals surface area contributed by atoms with Crippen molar-refractivity contribution < 1.29 is 9.13 Å². The monoisotopic (exact) mass is 435 g/mol. The molecule has 0 aliphatic carbocycles. The number of rotatable bonds is 5. The highest BCUT2D eigenvalue weighted by molar-refractivity contribution is 6.07. The number of aryl methyl sites for hydroxylation is 4. The Kier molecular flexibility index (Phi) is 5.48. The van der Waals surface area contributed by atoms with Gasteiger partial charge in [-0.25, -0.2) is 9.07 Å². The number of halogens is 1. The normalized spacial score (nSPS) is 15.1. The van der Waals surface area contributed by atoms with Crippen molar-refractivity contribution in [3.05, 3.63) is 69.7 Å². The molecule has 1 saturated heterocycles. The molecule has 0 unspecified atom stereocenters. The zero-order chi connectivity index (χ0) is 22.2. The van der Waals surface area contributed by atoms with Crippen molar-refractivity contribution in [2.75, 3.05) is 26.3 Å². The topological polar surface area (TPSA) is 65.2 Å². The van der Waals surface area contributed by atoms with Gasteiger partial charge in [-0.1, -0.05) is 6.07 Å². The SMILES string of the molecule is Cc1ccc(CCn2ncc3c4cc(F)c(CN5CCOCC5)cc4n(C)c3c2=O)cn1. The Morgan fingerprint density at radius 2 is 1.94 bits per heavy atom. The number of fused-ring (bicyclic) bond motifs is 3. The third-order valence-electron chi connectivity index (χ3n) is 6.25. The highest BCUT2D eigenvalue weighted by atomic mass is 19.1. The molecule has 1 aromatic carbocycles. The molecule has 4 heterocycles. The fourth-order valence-electron chi connectivity index (χ4n) is 4.38. The summed E-state index contributed by atoms with van der Waals surface area (Å²) in [6.07, 6.45) is 4.16. The van der Waals surface area contributed by atoms with Gasteiger partial charge in [-0.3, -0.25) is 14.7 Å². The Bertz CT molecular complexity index is 1340. The van der Waals surface area contributed by atoms with Gasteiger partial charge in [0, 0.05) is 67.0 Å². The third-order valence-corrected chi connectivity index (χ3v) is 6.25. The van der Waals surface area contributed by atoms with Gasteiger partial charge in [0.1, 0.15) is 11.3 Å². The molecule has 0 spiro atoms. The lowest BCUT2D eigenvalue weighted by Gasteiger charge is -2.26. The fraction of sp³-hybridized carbons (Fsp3) is 0.375. The van der Waals surface area contributed by atoms with Crippen molar-refractivity contribution >= 4 is 21.8 Å². The van der Waals surface area contributed by atoms with Gasteiger partial charge in [0.15, 0.2) is 0 Å². The van der Waals surface area contributed by atoms with Crippen LogP contribution in [0.3, 0.4) is 0 Å². The van der Waals surface area contributed by atoms with E-state index in [0.717, 1.165) is 29.9 Å². The van der Waals surface area contributed by atoms with E-state index >= 15 is 0 Å². The van der Waals surface area contributed by atoms with Gasteiger partial charge in [0.05, 0.1) is 19.4 Å². The summed E-state index contributed by atoms with van der Waals surface area (Å²) in [7, 11) is 1.86. The van der Waals surface area contributed by atoms with Crippen LogP contribution in [0.1, 0.15) is 16.8 Å². The average molecular weight is 436 g/mol. The standard InChI is InChI=1S/C24H26FN5O2/c1-16-3-4-17(13-26-16)5-6-30-24(31)23-20(14-27-30)19-12-21(25)18(11-22(19)28(23)2)15-29-7-9-32-10-8-29/h3-4,11-14H,5-10,15H2,1-2H3. The van der Waals surface area contributed by atoms with Crippen LogP contribution in [0, 0.1) is 12.7 Å². The highest BCUT2D eigenvalue weighted by Crippen LogP contribution is 2.28. The van der Waals surface area contributed by atoms with Crippen molar-refractivity contribution in [3.63, 3.8) is 0 Å². The zero-order valence-corrected chi connectivity index (χ0v) is 18.3. The van der Waals surface area contributed by atoms with Gasteiger partial charge in [-0.05, 0) is 37.1 Å². The van der Waals surface area contributed by atoms with Gasteiger partial charge in [-0.2, -0.15) is 5.10 Å². The number of pyridine rings is 1. The number of nitrogens with zero attached hydrogens (tertiary/aromatic N) is 5. The van der Waals surface area contributed by atoms with Crippen molar-refractivity contribution in [3.8, 4) is 0 Å². The minimum Gasteiger partial charge on any atom is -0.379 e. The Balaban J connectivity index is 1.50. The van der Waals surface area contributed by atoms with Gasteiger partial charge in [0.2, 0.25) is 0 Å². The molecule has 0 atom stereocenters. The van der Waals surface area contributed by atoms with Crippen LogP contribution in [0.5, 0.6) is 0 Å². The molecule has 0 radical (unpaired) electrons. The molecule has 8 heteroatoms. The summed E-state index contributed by atoms with van der Waals surface area (Å²) >= 11 is 0. The molecular weight excluding hydrogens is 409 g/mol. The molecule has 7 nitrogen and oxygen atoms in total. The molecule has 5 rings (SSSR count). The molecule has 3 aromatic heterocycles. The molecule has 1 fully saturated rings. The van der Waals surface area contributed by atoms with Crippen LogP contribution < -0.4 is 5.56 Å². The molecule has 0 N–H and O–H groups in total. The highest BCUT2D eigenvalue weighted by Gasteiger charge is 2.19. The van der Waals surface area contributed by atoms with Crippen LogP contribution in [-0.4, -0.2) is 50.5 Å². The van der Waals surface area contributed by atoms with Crippen LogP contribution in [0.2, 0.25) is 0 Å². The lowest BCUT2D eigenvalue weighted by Crippen LogP contribution is -2.35. The van der Waals surface area contributed by atoms with Gasteiger partial charge in [-0.15, -0.1) is 0 Å². The molecule has 32 heavy (non-hydrogen) atoms. The van der Waals surface area contributed by atoms with E-state index in [-0.39, 0.29) is 11.4 Å². The third kappa shape index (κ3) is 3.80. The molecule has 4 aromatic rings. The maximum atomic E-state index is 15.0. The first-order valence-corrected chi connectivity index (χ1v) is 10.9. The first-order chi connectivity index (χ1) is 15.5. The summed E-state index contributed by atoms with van der Waals surface area (Å²) < 4.78 is 23.7. The van der Waals surface area contributed by atoms with E-state index in [4.69, 9.17) is 4.74 Å². The number of aromatic nitrogens is 4. The lowest BCUT2D eigenvalue weighted by molar-refractivity contribution is 0.0337. The minimum absolute atomic E-state index is 0.170. The van der Waals surface area contributed by atoms with Gasteiger partial charge in [0.25, 0.3) is 5.56 Å². The lowest BCUT2D eigenvalue weighted by atomic mass is 10.1. The number of hydrogen-bond donors (Lipinski definition) is 0. The van der Waals surface area contributed by atoms with E-state index in [9.17, 15) is 9.18 Å². The van der Waals surface area contributed by atoms with E-state index < -0.39 is 0 Å². The Labute approximate surface area is 185 Å². The average Bonchev–Trinajstić information content (AvgIpc) is 3.07. The quantitative estimate of drug-likeness (QED) is 0.482. The van der Waals surface area contributed by atoms with Gasteiger partial charge < -0.3 is 9.30 Å². The molecule has 166 valence electrons. The summed E-state index contributed by atoms with van der Waals surface area (Å²) in [5.74, 6) is -0.257. The number of benzene rings is 1. The molecule has 0 amide bonds. The minimum atomic E-state index is -0.257. The summed E-state index contributed by atoms with van der Waals surface area (Å²) in [4.78, 5) is 19.7. The van der Waals surface area contributed by atoms with E-state index in [1.807, 2.05) is 42.9 Å². The van der Waals surface area contributed by atoms with Crippen molar-refractivity contribution in [2.24, 2.45) is 7.05 Å². The van der Waals surface area contributed by atoms with Crippen LogP contribution in [0.15, 0.2) is 41.5 Å². The van der Waals surface area contributed by atoms with Crippen molar-refractivity contribution in [1.29, 1.82) is 0 Å². The van der Waals surface area contributed by atoms with E-state index in [2.05, 4.69) is 15.0 Å². The van der Waals surface area contributed by atoms with E-state index in [0.29, 0.717) is 54.6 Å². The second-order valence-corrected chi connectivity index (χ2v) is 8.40.